The Labute approximate surface area is 199 Å². The van der Waals surface area contributed by atoms with Gasteiger partial charge in [-0.3, -0.25) is 9.69 Å². The predicted octanol–water partition coefficient (Wildman–Crippen LogP) is 2.82. The second kappa shape index (κ2) is 10.4. The number of rotatable bonds is 7. The number of nitrogens with one attached hydrogen (secondary N) is 1. The van der Waals surface area contributed by atoms with Crippen LogP contribution in [0, 0.1) is 5.82 Å². The van der Waals surface area contributed by atoms with Crippen molar-refractivity contribution in [3.8, 4) is 0 Å². The van der Waals surface area contributed by atoms with E-state index < -0.39 is 15.9 Å². The Morgan fingerprint density at radius 3 is 2.39 bits per heavy atom. The number of halogens is 2. The number of anilines is 1. The molecule has 1 N–H and O–H groups in total. The van der Waals surface area contributed by atoms with Crippen LogP contribution in [-0.4, -0.2) is 75.9 Å². The molecule has 7 nitrogen and oxygen atoms in total. The molecule has 0 aliphatic carbocycles. The van der Waals surface area contributed by atoms with E-state index in [1.807, 2.05) is 11.0 Å². The summed E-state index contributed by atoms with van der Waals surface area (Å²) in [7, 11) is -3.63. The maximum atomic E-state index is 14.0. The van der Waals surface area contributed by atoms with Crippen molar-refractivity contribution in [1.29, 1.82) is 0 Å². The fourth-order valence-corrected chi connectivity index (χ4v) is 6.01. The minimum Gasteiger partial charge on any atom is -0.367 e. The first-order chi connectivity index (χ1) is 15.9. The van der Waals surface area contributed by atoms with Gasteiger partial charge in [-0.1, -0.05) is 23.7 Å². The van der Waals surface area contributed by atoms with Crippen LogP contribution in [0.25, 0.3) is 0 Å². The standard InChI is InChI=1S/C23H28ClFN4O3S/c24-20-8-7-18(33(31,32)29-10-3-4-11-29)17-19(20)23(30)26-9-12-27-13-15-28(16-14-27)22-6-2-1-5-21(22)25/h1-2,5-8,17H,3-4,9-16H2,(H,26,30). The van der Waals surface area contributed by atoms with Gasteiger partial charge in [0.15, 0.2) is 0 Å². The molecule has 4 rings (SSSR count). The highest BCUT2D eigenvalue weighted by molar-refractivity contribution is 7.89. The first kappa shape index (κ1) is 23.9. The lowest BCUT2D eigenvalue weighted by atomic mass is 10.2. The summed E-state index contributed by atoms with van der Waals surface area (Å²) in [5.74, 6) is -0.618. The van der Waals surface area contributed by atoms with Crippen LogP contribution in [0.15, 0.2) is 47.4 Å². The van der Waals surface area contributed by atoms with Crippen molar-refractivity contribution in [3.05, 3.63) is 58.9 Å². The molecule has 178 valence electrons. The molecule has 0 saturated carbocycles. The van der Waals surface area contributed by atoms with Crippen molar-refractivity contribution in [1.82, 2.24) is 14.5 Å². The molecule has 2 aliphatic rings. The molecule has 0 radical (unpaired) electrons. The van der Waals surface area contributed by atoms with Crippen molar-refractivity contribution in [2.45, 2.75) is 17.7 Å². The molecule has 1 amide bonds. The first-order valence-corrected chi connectivity index (χ1v) is 13.0. The summed E-state index contributed by atoms with van der Waals surface area (Å²) in [6.45, 7) is 4.96. The Bertz CT molecular complexity index is 1100. The van der Waals surface area contributed by atoms with Crippen molar-refractivity contribution >= 4 is 33.2 Å². The normalized spacial score (nSPS) is 17.9. The molecule has 0 atom stereocenters. The van der Waals surface area contributed by atoms with E-state index >= 15 is 0 Å². The van der Waals surface area contributed by atoms with Gasteiger partial charge in [-0.2, -0.15) is 4.31 Å². The summed E-state index contributed by atoms with van der Waals surface area (Å²) in [4.78, 5) is 17.0. The van der Waals surface area contributed by atoms with Gasteiger partial charge < -0.3 is 10.2 Å². The molecule has 2 fully saturated rings. The third-order valence-electron chi connectivity index (χ3n) is 6.16. The topological polar surface area (TPSA) is 73.0 Å². The number of nitrogens with zero attached hydrogens (tertiary/aromatic N) is 3. The van der Waals surface area contributed by atoms with Gasteiger partial charge in [0.05, 0.1) is 21.2 Å². The average molecular weight is 495 g/mol. The summed E-state index contributed by atoms with van der Waals surface area (Å²) in [5.41, 5.74) is 0.769. The molecule has 10 heteroatoms. The molecule has 0 unspecified atom stereocenters. The molecule has 0 spiro atoms. The van der Waals surface area contributed by atoms with E-state index in [4.69, 9.17) is 11.6 Å². The number of hydrogen-bond acceptors (Lipinski definition) is 5. The Morgan fingerprint density at radius 1 is 1.00 bits per heavy atom. The Hall–Kier alpha value is -2.20. The summed E-state index contributed by atoms with van der Waals surface area (Å²) in [6, 6.07) is 11.0. The number of sulfonamides is 1. The molecule has 0 aromatic heterocycles. The smallest absolute Gasteiger partial charge is 0.252 e. The second-order valence-corrected chi connectivity index (χ2v) is 10.6. The van der Waals surface area contributed by atoms with Gasteiger partial charge in [-0.05, 0) is 43.2 Å². The minimum atomic E-state index is -3.63. The van der Waals surface area contributed by atoms with Gasteiger partial charge in [0.25, 0.3) is 5.91 Å². The summed E-state index contributed by atoms with van der Waals surface area (Å²) in [5, 5.41) is 3.05. The zero-order valence-electron chi connectivity index (χ0n) is 18.3. The van der Waals surface area contributed by atoms with E-state index in [9.17, 15) is 17.6 Å². The number of carbonyl (C=O) groups excluding carboxylic acids is 1. The van der Waals surface area contributed by atoms with Gasteiger partial charge in [-0.25, -0.2) is 12.8 Å². The Balaban J connectivity index is 1.30. The maximum Gasteiger partial charge on any atom is 0.252 e. The third-order valence-corrected chi connectivity index (χ3v) is 8.39. The molecule has 2 aromatic carbocycles. The summed E-state index contributed by atoms with van der Waals surface area (Å²) >= 11 is 6.20. The lowest BCUT2D eigenvalue weighted by molar-refractivity contribution is 0.0947. The van der Waals surface area contributed by atoms with Crippen LogP contribution in [0.1, 0.15) is 23.2 Å². The van der Waals surface area contributed by atoms with Crippen LogP contribution in [0.3, 0.4) is 0 Å². The SMILES string of the molecule is O=C(NCCN1CCN(c2ccccc2F)CC1)c1cc(S(=O)(=O)N2CCCC2)ccc1Cl. The molecule has 33 heavy (non-hydrogen) atoms. The number of hydrogen-bond donors (Lipinski definition) is 1. The van der Waals surface area contributed by atoms with Crippen molar-refractivity contribution < 1.29 is 17.6 Å². The molecule has 0 bridgehead atoms. The van der Waals surface area contributed by atoms with E-state index in [0.717, 1.165) is 25.9 Å². The van der Waals surface area contributed by atoms with Gasteiger partial charge in [0, 0.05) is 52.4 Å². The highest BCUT2D eigenvalue weighted by Crippen LogP contribution is 2.25. The van der Waals surface area contributed by atoms with Gasteiger partial charge >= 0.3 is 0 Å². The molecule has 2 aromatic rings. The molecular formula is C23H28ClFN4O3S. The molecule has 2 aliphatic heterocycles. The monoisotopic (exact) mass is 494 g/mol. The van der Waals surface area contributed by atoms with Crippen LogP contribution in [0.5, 0.6) is 0 Å². The number of carbonyl (C=O) groups is 1. The number of benzene rings is 2. The summed E-state index contributed by atoms with van der Waals surface area (Å²) in [6.07, 6.45) is 1.68. The summed E-state index contributed by atoms with van der Waals surface area (Å²) < 4.78 is 41.1. The Morgan fingerprint density at radius 2 is 1.70 bits per heavy atom. The average Bonchev–Trinajstić information content (AvgIpc) is 3.36. The lowest BCUT2D eigenvalue weighted by Crippen LogP contribution is -2.48. The highest BCUT2D eigenvalue weighted by atomic mass is 35.5. The largest absolute Gasteiger partial charge is 0.367 e. The molecule has 2 heterocycles. The fraction of sp³-hybridized carbons (Fsp3) is 0.435. The number of para-hydroxylation sites is 1. The quantitative estimate of drug-likeness (QED) is 0.641. The van der Waals surface area contributed by atoms with Crippen LogP contribution < -0.4 is 10.2 Å². The van der Waals surface area contributed by atoms with E-state index in [0.29, 0.717) is 45.0 Å². The minimum absolute atomic E-state index is 0.0863. The van der Waals surface area contributed by atoms with Crippen molar-refractivity contribution in [3.63, 3.8) is 0 Å². The predicted molar refractivity (Wildman–Crippen MR) is 127 cm³/mol. The van der Waals surface area contributed by atoms with Crippen LogP contribution in [0.2, 0.25) is 5.02 Å². The number of amides is 1. The van der Waals surface area contributed by atoms with Crippen LogP contribution in [-0.2, 0) is 10.0 Å². The zero-order chi connectivity index (χ0) is 23.4. The van der Waals surface area contributed by atoms with Crippen molar-refractivity contribution in [2.75, 3.05) is 57.3 Å². The first-order valence-electron chi connectivity index (χ1n) is 11.2. The third kappa shape index (κ3) is 5.48. The zero-order valence-corrected chi connectivity index (χ0v) is 19.9. The molecular weight excluding hydrogens is 467 g/mol. The Kier molecular flexibility index (Phi) is 7.53. The fourth-order valence-electron chi connectivity index (χ4n) is 4.26. The maximum absolute atomic E-state index is 14.0. The number of piperazine rings is 1. The lowest BCUT2D eigenvalue weighted by Gasteiger charge is -2.36. The molecule has 2 saturated heterocycles. The van der Waals surface area contributed by atoms with E-state index in [2.05, 4.69) is 10.2 Å². The van der Waals surface area contributed by atoms with E-state index in [1.165, 1.54) is 28.6 Å². The van der Waals surface area contributed by atoms with E-state index in [-0.39, 0.29) is 21.3 Å². The van der Waals surface area contributed by atoms with Crippen LogP contribution in [0.4, 0.5) is 10.1 Å². The van der Waals surface area contributed by atoms with Gasteiger partial charge in [0.1, 0.15) is 5.82 Å². The highest BCUT2D eigenvalue weighted by Gasteiger charge is 2.28. The van der Waals surface area contributed by atoms with Crippen molar-refractivity contribution in [2.24, 2.45) is 0 Å². The van der Waals surface area contributed by atoms with E-state index in [1.54, 1.807) is 12.1 Å². The van der Waals surface area contributed by atoms with Gasteiger partial charge in [-0.15, -0.1) is 0 Å². The second-order valence-electron chi connectivity index (χ2n) is 8.29. The van der Waals surface area contributed by atoms with Gasteiger partial charge in [0.2, 0.25) is 10.0 Å². The van der Waals surface area contributed by atoms with Crippen LogP contribution >= 0.6 is 11.6 Å².